The number of ketones is 1. The zero-order valence-corrected chi connectivity index (χ0v) is 13.3. The van der Waals surface area contributed by atoms with Gasteiger partial charge in [-0.05, 0) is 51.1 Å². The van der Waals surface area contributed by atoms with Gasteiger partial charge in [-0.3, -0.25) is 9.78 Å². The van der Waals surface area contributed by atoms with Crippen LogP contribution in [0.3, 0.4) is 0 Å². The molecule has 1 saturated heterocycles. The van der Waals surface area contributed by atoms with Gasteiger partial charge in [-0.1, -0.05) is 6.07 Å². The molecule has 0 amide bonds. The molecule has 5 heteroatoms. The molecule has 0 bridgehead atoms. The van der Waals surface area contributed by atoms with Gasteiger partial charge in [-0.2, -0.15) is 0 Å². The molecule has 2 aromatic rings. The Bertz CT molecular complexity index is 664. The Morgan fingerprint density at radius 3 is 2.78 bits per heavy atom. The average Bonchev–Trinajstić information content (AvgIpc) is 2.61. The topological polar surface area (TPSA) is 64.1 Å². The van der Waals surface area contributed by atoms with Crippen molar-refractivity contribution in [2.24, 2.45) is 0 Å². The molecule has 23 heavy (non-hydrogen) atoms. The fourth-order valence-electron chi connectivity index (χ4n) is 2.72. The number of rotatable bonds is 5. The van der Waals surface area contributed by atoms with Crippen molar-refractivity contribution in [3.63, 3.8) is 0 Å². The number of nitrogens with zero attached hydrogens (tertiary/aromatic N) is 2. The Balaban J connectivity index is 1.62. The number of hydrogen-bond donors (Lipinski definition) is 1. The second-order valence-electron chi connectivity index (χ2n) is 5.81. The van der Waals surface area contributed by atoms with Crippen molar-refractivity contribution in [1.82, 2.24) is 15.3 Å². The predicted molar refractivity (Wildman–Crippen MR) is 87.7 cm³/mol. The second-order valence-corrected chi connectivity index (χ2v) is 5.81. The maximum absolute atomic E-state index is 11.2. The van der Waals surface area contributed by atoms with E-state index in [2.05, 4.69) is 21.4 Å². The maximum Gasteiger partial charge on any atom is 0.213 e. The molecule has 2 aromatic heterocycles. The van der Waals surface area contributed by atoms with Crippen LogP contribution in [0.4, 0.5) is 0 Å². The zero-order chi connectivity index (χ0) is 16.1. The van der Waals surface area contributed by atoms with Crippen molar-refractivity contribution < 1.29 is 9.53 Å². The number of carbonyl (C=O) groups is 1. The Morgan fingerprint density at radius 1 is 1.26 bits per heavy atom. The lowest BCUT2D eigenvalue weighted by Crippen LogP contribution is -2.27. The summed E-state index contributed by atoms with van der Waals surface area (Å²) in [6.45, 7) is 3.97. The van der Waals surface area contributed by atoms with Crippen molar-refractivity contribution in [1.29, 1.82) is 0 Å². The number of aromatic nitrogens is 2. The molecule has 1 aliphatic rings. The van der Waals surface area contributed by atoms with E-state index in [1.54, 1.807) is 12.3 Å². The van der Waals surface area contributed by atoms with E-state index in [1.165, 1.54) is 6.92 Å². The van der Waals surface area contributed by atoms with Gasteiger partial charge in [0.25, 0.3) is 0 Å². The lowest BCUT2D eigenvalue weighted by atomic mass is 9.94. The molecule has 0 atom stereocenters. The quantitative estimate of drug-likeness (QED) is 0.860. The molecule has 120 valence electrons. The normalized spacial score (nSPS) is 15.3. The van der Waals surface area contributed by atoms with E-state index in [9.17, 15) is 4.79 Å². The van der Waals surface area contributed by atoms with Crippen LogP contribution in [0, 0.1) is 0 Å². The van der Waals surface area contributed by atoms with E-state index >= 15 is 0 Å². The second kappa shape index (κ2) is 7.33. The van der Waals surface area contributed by atoms with Gasteiger partial charge < -0.3 is 10.1 Å². The summed E-state index contributed by atoms with van der Waals surface area (Å²) >= 11 is 0. The first kappa shape index (κ1) is 15.6. The monoisotopic (exact) mass is 311 g/mol. The van der Waals surface area contributed by atoms with E-state index in [-0.39, 0.29) is 5.78 Å². The summed E-state index contributed by atoms with van der Waals surface area (Å²) in [5, 5.41) is 3.37. The van der Waals surface area contributed by atoms with Crippen molar-refractivity contribution >= 4 is 5.78 Å². The first-order chi connectivity index (χ1) is 11.2. The van der Waals surface area contributed by atoms with E-state index in [0.29, 0.717) is 24.0 Å². The van der Waals surface area contributed by atoms with Gasteiger partial charge in [-0.15, -0.1) is 0 Å². The number of pyridine rings is 2. The van der Waals surface area contributed by atoms with E-state index in [4.69, 9.17) is 4.74 Å². The third-order valence-corrected chi connectivity index (χ3v) is 4.10. The predicted octanol–water partition coefficient (Wildman–Crippen LogP) is 2.73. The fraction of sp³-hybridized carbons (Fsp3) is 0.389. The molecule has 1 aliphatic heterocycles. The minimum Gasteiger partial charge on any atom is -0.471 e. The minimum absolute atomic E-state index is 0.0151. The highest BCUT2D eigenvalue weighted by atomic mass is 16.5. The third kappa shape index (κ3) is 4.13. The van der Waals surface area contributed by atoms with Gasteiger partial charge in [-0.25, -0.2) is 4.98 Å². The lowest BCUT2D eigenvalue weighted by Gasteiger charge is -2.22. The zero-order valence-electron chi connectivity index (χ0n) is 13.3. The summed E-state index contributed by atoms with van der Waals surface area (Å²) in [5.74, 6) is 1.15. The van der Waals surface area contributed by atoms with Gasteiger partial charge in [0.05, 0.1) is 5.69 Å². The number of nitrogens with one attached hydrogen (secondary N) is 1. The molecule has 0 spiro atoms. The van der Waals surface area contributed by atoms with Crippen molar-refractivity contribution in [3.8, 4) is 5.88 Å². The van der Waals surface area contributed by atoms with Crippen LogP contribution in [-0.2, 0) is 6.61 Å². The van der Waals surface area contributed by atoms with Crippen molar-refractivity contribution in [2.45, 2.75) is 32.3 Å². The maximum atomic E-state index is 11.2. The van der Waals surface area contributed by atoms with Crippen LogP contribution < -0.4 is 10.1 Å². The van der Waals surface area contributed by atoms with Gasteiger partial charge >= 0.3 is 0 Å². The minimum atomic E-state index is 0.0151. The molecule has 3 heterocycles. The van der Waals surface area contributed by atoms with Crippen LogP contribution in [0.5, 0.6) is 5.88 Å². The highest BCUT2D eigenvalue weighted by Gasteiger charge is 2.16. The van der Waals surface area contributed by atoms with Crippen molar-refractivity contribution in [2.75, 3.05) is 13.1 Å². The number of carbonyl (C=O) groups excluding carboxylic acids is 1. The molecule has 0 unspecified atom stereocenters. The van der Waals surface area contributed by atoms with Crippen LogP contribution in [-0.4, -0.2) is 28.8 Å². The van der Waals surface area contributed by atoms with Crippen LogP contribution >= 0.6 is 0 Å². The molecular weight excluding hydrogens is 290 g/mol. The molecule has 0 aliphatic carbocycles. The third-order valence-electron chi connectivity index (χ3n) is 4.10. The van der Waals surface area contributed by atoms with Crippen LogP contribution in [0.25, 0.3) is 0 Å². The summed E-state index contributed by atoms with van der Waals surface area (Å²) < 4.78 is 5.75. The van der Waals surface area contributed by atoms with Gasteiger partial charge in [0.15, 0.2) is 5.78 Å². The molecule has 1 fully saturated rings. The molecule has 0 radical (unpaired) electrons. The first-order valence-electron chi connectivity index (χ1n) is 7.99. The largest absolute Gasteiger partial charge is 0.471 e. The lowest BCUT2D eigenvalue weighted by molar-refractivity contribution is 0.101. The molecule has 5 nitrogen and oxygen atoms in total. The van der Waals surface area contributed by atoms with Crippen LogP contribution in [0.1, 0.15) is 47.4 Å². The Hall–Kier alpha value is -2.27. The molecule has 0 saturated carbocycles. The van der Waals surface area contributed by atoms with Crippen molar-refractivity contribution in [3.05, 3.63) is 53.5 Å². The summed E-state index contributed by atoms with van der Waals surface area (Å²) in [5.41, 5.74) is 2.49. The summed E-state index contributed by atoms with van der Waals surface area (Å²) in [4.78, 5) is 20.1. The number of Topliss-reactive ketones (excluding diaryl/α,β-unsaturated/α-hetero) is 1. The Labute approximate surface area is 136 Å². The standard InChI is InChI=1S/C18H21N3O2/c1-13(22)15-5-6-16(20-11-15)12-23-18-4-2-3-17(21-18)14-7-9-19-10-8-14/h2-6,11,14,19H,7-10,12H2,1H3. The molecular formula is C18H21N3O2. The summed E-state index contributed by atoms with van der Waals surface area (Å²) in [7, 11) is 0. The highest BCUT2D eigenvalue weighted by Crippen LogP contribution is 2.25. The molecule has 0 aromatic carbocycles. The number of ether oxygens (including phenoxy) is 1. The van der Waals surface area contributed by atoms with Gasteiger partial charge in [0.1, 0.15) is 6.61 Å². The van der Waals surface area contributed by atoms with Crippen LogP contribution in [0.2, 0.25) is 0 Å². The number of piperidine rings is 1. The smallest absolute Gasteiger partial charge is 0.213 e. The van der Waals surface area contributed by atoms with E-state index < -0.39 is 0 Å². The average molecular weight is 311 g/mol. The van der Waals surface area contributed by atoms with Gasteiger partial charge in [0.2, 0.25) is 5.88 Å². The first-order valence-corrected chi connectivity index (χ1v) is 7.99. The van der Waals surface area contributed by atoms with E-state index in [1.807, 2.05) is 18.2 Å². The number of hydrogen-bond acceptors (Lipinski definition) is 5. The fourth-order valence-corrected chi connectivity index (χ4v) is 2.72. The Morgan fingerprint density at radius 2 is 2.09 bits per heavy atom. The Kier molecular flexibility index (Phi) is 4.98. The van der Waals surface area contributed by atoms with Gasteiger partial charge in [0, 0.05) is 29.4 Å². The van der Waals surface area contributed by atoms with E-state index in [0.717, 1.165) is 37.3 Å². The SMILES string of the molecule is CC(=O)c1ccc(COc2cccc(C3CCNCC3)n2)nc1. The summed E-state index contributed by atoms with van der Waals surface area (Å²) in [6, 6.07) is 9.52. The molecule has 1 N–H and O–H groups in total. The highest BCUT2D eigenvalue weighted by molar-refractivity contribution is 5.93. The van der Waals surface area contributed by atoms with Crippen LogP contribution in [0.15, 0.2) is 36.5 Å². The summed E-state index contributed by atoms with van der Waals surface area (Å²) in [6.07, 6.45) is 3.81. The molecule has 3 rings (SSSR count).